The number of unbranched alkanes of at least 4 members (excludes halogenated alkanes) is 1. The Morgan fingerprint density at radius 3 is 2.64 bits per heavy atom. The van der Waals surface area contributed by atoms with Gasteiger partial charge in [0.25, 0.3) is 0 Å². The lowest BCUT2D eigenvalue weighted by Gasteiger charge is -2.36. The summed E-state index contributed by atoms with van der Waals surface area (Å²) in [5.41, 5.74) is 0.198. The van der Waals surface area contributed by atoms with Gasteiger partial charge >= 0.3 is 5.97 Å². The number of rotatable bonds is 4. The van der Waals surface area contributed by atoms with Gasteiger partial charge in [-0.15, -0.1) is 11.3 Å². The molecule has 2 saturated heterocycles. The van der Waals surface area contributed by atoms with Crippen LogP contribution in [0, 0.1) is 24.2 Å². The fraction of sp³-hybridized carbons (Fsp3) is 0.710. The van der Waals surface area contributed by atoms with Crippen LogP contribution in [0.15, 0.2) is 18.2 Å². The van der Waals surface area contributed by atoms with Crippen LogP contribution in [0.4, 0.5) is 0 Å². The van der Waals surface area contributed by atoms with E-state index in [0.29, 0.717) is 12.8 Å². The van der Waals surface area contributed by atoms with Gasteiger partial charge in [0.15, 0.2) is 0 Å². The molecule has 2 aliphatic rings. The molecule has 1 aromatic carbocycles. The first kappa shape index (κ1) is 30.1. The van der Waals surface area contributed by atoms with E-state index < -0.39 is 35.6 Å². The van der Waals surface area contributed by atoms with E-state index in [0.717, 1.165) is 52.9 Å². The predicted molar refractivity (Wildman–Crippen MR) is 153 cm³/mol. The number of nitrogens with zero attached hydrogens (tertiary/aromatic N) is 1. The summed E-state index contributed by atoms with van der Waals surface area (Å²) in [4.78, 5) is 31.6. The summed E-state index contributed by atoms with van der Waals surface area (Å²) in [6.07, 6.45) is 2.32. The lowest BCUT2D eigenvalue weighted by atomic mass is 9.71. The Morgan fingerprint density at radius 1 is 1.18 bits per heavy atom. The highest BCUT2D eigenvalue weighted by Gasteiger charge is 2.53. The highest BCUT2D eigenvalue weighted by molar-refractivity contribution is 7.18. The number of aliphatic hydroxyl groups excluding tert-OH is 2. The minimum atomic E-state index is -1.23. The van der Waals surface area contributed by atoms with Gasteiger partial charge in [0, 0.05) is 12.3 Å². The zero-order valence-electron chi connectivity index (χ0n) is 24.2. The highest BCUT2D eigenvalue weighted by Crippen LogP contribution is 2.47. The van der Waals surface area contributed by atoms with Crippen LogP contribution in [0.5, 0.6) is 0 Å². The number of aliphatic hydroxyl groups is 2. The number of ketones is 1. The van der Waals surface area contributed by atoms with E-state index in [9.17, 15) is 19.8 Å². The van der Waals surface area contributed by atoms with Crippen LogP contribution in [-0.4, -0.2) is 50.9 Å². The van der Waals surface area contributed by atoms with Gasteiger partial charge in [0.05, 0.1) is 51.0 Å². The molecule has 0 unspecified atom stereocenters. The second-order valence-electron chi connectivity index (χ2n) is 12.5. The lowest BCUT2D eigenvalue weighted by Crippen LogP contribution is -2.46. The van der Waals surface area contributed by atoms with Gasteiger partial charge in [-0.3, -0.25) is 9.59 Å². The van der Waals surface area contributed by atoms with E-state index in [4.69, 9.17) is 9.47 Å². The maximum atomic E-state index is 13.8. The second kappa shape index (κ2) is 11.9. The van der Waals surface area contributed by atoms with Crippen molar-refractivity contribution in [2.45, 2.75) is 123 Å². The summed E-state index contributed by atoms with van der Waals surface area (Å²) < 4.78 is 13.2. The van der Waals surface area contributed by atoms with E-state index in [1.165, 1.54) is 0 Å². The standard InChI is InChI=1S/C31H45NO6S/c1-7-8-11-21-28(35)18(2)10-9-14-31(6)26(38-31)16-23(20-12-13-24-22(15-20)32-19(3)39-24)37-27(34)17-25(33)30(4,5)29(21)36/h12-13,15,18,21,23,25-26,28,33,35H,7-11,14,16-17H2,1-6H3/t18-,21+,23-,25-,26-,28-,31+/m0/s1. The van der Waals surface area contributed by atoms with Gasteiger partial charge in [0.1, 0.15) is 11.9 Å². The SMILES string of the molecule is CCCC[C@H]1C(=O)C(C)(C)[C@@H](O)CC(=O)O[C@H](c2ccc3sc(C)nc3c2)C[C@@H]2O[C@]2(C)CCC[C@H](C)[C@@H]1O. The molecule has 7 nitrogen and oxygen atoms in total. The van der Waals surface area contributed by atoms with Crippen molar-refractivity contribution in [2.75, 3.05) is 0 Å². The van der Waals surface area contributed by atoms with Crippen molar-refractivity contribution in [2.24, 2.45) is 17.3 Å². The van der Waals surface area contributed by atoms with Crippen LogP contribution in [0.3, 0.4) is 0 Å². The maximum absolute atomic E-state index is 13.8. The van der Waals surface area contributed by atoms with Crippen molar-refractivity contribution in [1.82, 2.24) is 4.98 Å². The third-order valence-electron chi connectivity index (χ3n) is 8.99. The molecule has 2 aromatic rings. The maximum Gasteiger partial charge on any atom is 0.309 e. The van der Waals surface area contributed by atoms with Gasteiger partial charge < -0.3 is 19.7 Å². The molecule has 2 fully saturated rings. The number of aryl methyl sites for hydroxylation is 1. The Bertz CT molecular complexity index is 1180. The van der Waals surface area contributed by atoms with Crippen molar-refractivity contribution in [3.63, 3.8) is 0 Å². The Labute approximate surface area is 236 Å². The van der Waals surface area contributed by atoms with Gasteiger partial charge in [-0.2, -0.15) is 0 Å². The predicted octanol–water partition coefficient (Wildman–Crippen LogP) is 6.07. The third kappa shape index (κ3) is 6.72. The number of benzene rings is 1. The molecule has 1 aromatic heterocycles. The Hall–Kier alpha value is -1.87. The third-order valence-corrected chi connectivity index (χ3v) is 9.94. The molecule has 3 heterocycles. The van der Waals surface area contributed by atoms with E-state index in [2.05, 4.69) is 18.8 Å². The number of epoxide rings is 1. The highest BCUT2D eigenvalue weighted by atomic mass is 32.1. The molecule has 2 N–H and O–H groups in total. The number of esters is 1. The number of Topliss-reactive ketones (excluding diaryl/α,β-unsaturated/α-hetero) is 1. The molecule has 216 valence electrons. The first-order valence-electron chi connectivity index (χ1n) is 14.5. The minimum Gasteiger partial charge on any atom is -0.457 e. The van der Waals surface area contributed by atoms with Crippen LogP contribution >= 0.6 is 11.3 Å². The quantitative estimate of drug-likeness (QED) is 0.346. The van der Waals surface area contributed by atoms with Crippen LogP contribution in [0.2, 0.25) is 0 Å². The summed E-state index contributed by atoms with van der Waals surface area (Å²) in [5, 5.41) is 23.4. The first-order valence-corrected chi connectivity index (χ1v) is 15.3. The average Bonchev–Trinajstić information content (AvgIpc) is 3.34. The monoisotopic (exact) mass is 559 g/mol. The molecule has 4 rings (SSSR count). The van der Waals surface area contributed by atoms with E-state index in [-0.39, 0.29) is 29.8 Å². The zero-order valence-corrected chi connectivity index (χ0v) is 25.1. The molecule has 0 aliphatic carbocycles. The zero-order chi connectivity index (χ0) is 28.5. The molecule has 0 bridgehead atoms. The fourth-order valence-electron chi connectivity index (χ4n) is 6.00. The van der Waals surface area contributed by atoms with E-state index >= 15 is 0 Å². The average molecular weight is 560 g/mol. The van der Waals surface area contributed by atoms with Crippen molar-refractivity contribution in [3.8, 4) is 0 Å². The Morgan fingerprint density at radius 2 is 1.92 bits per heavy atom. The summed E-state index contributed by atoms with van der Waals surface area (Å²) in [5.74, 6) is -1.41. The lowest BCUT2D eigenvalue weighted by molar-refractivity contribution is -0.156. The number of hydrogen-bond donors (Lipinski definition) is 2. The van der Waals surface area contributed by atoms with Crippen molar-refractivity contribution < 1.29 is 29.3 Å². The van der Waals surface area contributed by atoms with Gasteiger partial charge in [-0.25, -0.2) is 4.98 Å². The van der Waals surface area contributed by atoms with Crippen LogP contribution in [-0.2, 0) is 19.1 Å². The molecule has 0 spiro atoms. The summed E-state index contributed by atoms with van der Waals surface area (Å²) in [6.45, 7) is 11.5. The number of ether oxygens (including phenoxy) is 2. The van der Waals surface area contributed by atoms with Gasteiger partial charge in [0.2, 0.25) is 0 Å². The van der Waals surface area contributed by atoms with Crippen LogP contribution < -0.4 is 0 Å². The molecule has 0 amide bonds. The smallest absolute Gasteiger partial charge is 0.309 e. The Kier molecular flexibility index (Phi) is 9.21. The number of fused-ring (bicyclic) bond motifs is 2. The Balaban J connectivity index is 1.62. The first-order chi connectivity index (χ1) is 18.4. The number of carbonyl (C=O) groups is 2. The molecule has 8 heteroatoms. The normalized spacial score (nSPS) is 34.5. The second-order valence-corrected chi connectivity index (χ2v) is 13.7. The van der Waals surface area contributed by atoms with E-state index in [1.54, 1.807) is 25.2 Å². The summed E-state index contributed by atoms with van der Waals surface area (Å²) in [6, 6.07) is 5.95. The van der Waals surface area contributed by atoms with E-state index in [1.807, 2.05) is 32.0 Å². The molecular formula is C31H45NO6S. The molecule has 39 heavy (non-hydrogen) atoms. The van der Waals surface area contributed by atoms with Crippen molar-refractivity contribution in [1.29, 1.82) is 0 Å². The van der Waals surface area contributed by atoms with Gasteiger partial charge in [-0.1, -0.05) is 53.0 Å². The molecule has 7 atom stereocenters. The number of hydrogen-bond acceptors (Lipinski definition) is 8. The molecule has 0 saturated carbocycles. The number of aromatic nitrogens is 1. The van der Waals surface area contributed by atoms with Crippen LogP contribution in [0.25, 0.3) is 10.2 Å². The summed E-state index contributed by atoms with van der Waals surface area (Å²) in [7, 11) is 0. The van der Waals surface area contributed by atoms with Crippen molar-refractivity contribution in [3.05, 3.63) is 28.8 Å². The van der Waals surface area contributed by atoms with Crippen molar-refractivity contribution >= 4 is 33.3 Å². The molecular weight excluding hydrogens is 514 g/mol. The number of thiazole rings is 1. The number of cyclic esters (lactones) is 1. The minimum absolute atomic E-state index is 0.0588. The largest absolute Gasteiger partial charge is 0.457 e. The number of carbonyl (C=O) groups excluding carboxylic acids is 2. The topological polar surface area (TPSA) is 109 Å². The fourth-order valence-corrected chi connectivity index (χ4v) is 6.81. The van der Waals surface area contributed by atoms with Gasteiger partial charge in [-0.05, 0) is 56.7 Å². The molecule has 2 aliphatic heterocycles. The molecule has 0 radical (unpaired) electrons. The summed E-state index contributed by atoms with van der Waals surface area (Å²) >= 11 is 1.62. The van der Waals surface area contributed by atoms with Crippen LogP contribution in [0.1, 0.15) is 103 Å².